The quantitative estimate of drug-likeness (QED) is 0.0328. The van der Waals surface area contributed by atoms with E-state index in [1.165, 1.54) is 154 Å². The number of aliphatic hydroxyl groups excluding tert-OH is 12. The van der Waals surface area contributed by atoms with Crippen molar-refractivity contribution in [1.82, 2.24) is 10.6 Å². The Morgan fingerprint density at radius 2 is 0.782 bits per heavy atom. The van der Waals surface area contributed by atoms with Gasteiger partial charge in [-0.2, -0.15) is 0 Å². The van der Waals surface area contributed by atoms with Crippen molar-refractivity contribution in [3.05, 3.63) is 0 Å². The second kappa shape index (κ2) is 48.0. The molecule has 22 nitrogen and oxygen atoms in total. The van der Waals surface area contributed by atoms with Crippen molar-refractivity contribution >= 4 is 11.8 Å². The first-order valence-electron chi connectivity index (χ1n) is 34.5. The summed E-state index contributed by atoms with van der Waals surface area (Å²) < 4.78 is 36.1. The summed E-state index contributed by atoms with van der Waals surface area (Å²) in [6, 6.07) is -3.01. The van der Waals surface area contributed by atoms with Crippen LogP contribution in [0.1, 0.15) is 258 Å². The van der Waals surface area contributed by atoms with Crippen LogP contribution in [0.25, 0.3) is 0 Å². The predicted octanol–water partition coefficient (Wildman–Crippen LogP) is 5.64. The van der Waals surface area contributed by atoms with E-state index in [0.717, 1.165) is 64.7 Å². The van der Waals surface area contributed by atoms with Gasteiger partial charge in [0.1, 0.15) is 85.4 Å². The van der Waals surface area contributed by atoms with E-state index in [2.05, 4.69) is 24.5 Å². The number of hydrogen-bond acceptors (Lipinski definition) is 20. The van der Waals surface area contributed by atoms with Crippen LogP contribution in [-0.4, -0.2) is 216 Å². The number of hydrogen-bond donors (Lipinski definition) is 14. The first-order chi connectivity index (χ1) is 42.0. The fourth-order valence-electron chi connectivity index (χ4n) is 12.1. The zero-order valence-corrected chi connectivity index (χ0v) is 53.6. The number of carbonyl (C=O) groups is 2. The third kappa shape index (κ3) is 30.7. The summed E-state index contributed by atoms with van der Waals surface area (Å²) in [6.07, 6.45) is 11.9. The molecule has 87 heavy (non-hydrogen) atoms. The van der Waals surface area contributed by atoms with Crippen molar-refractivity contribution in [2.45, 2.75) is 375 Å². The highest BCUT2D eigenvalue weighted by molar-refractivity contribution is 5.80. The molecule has 3 rings (SSSR count). The lowest BCUT2D eigenvalue weighted by molar-refractivity contribution is -0.387. The van der Waals surface area contributed by atoms with Crippen LogP contribution in [0.3, 0.4) is 0 Å². The molecule has 3 saturated heterocycles. The summed E-state index contributed by atoms with van der Waals surface area (Å²) in [5.41, 5.74) is 0. The fraction of sp³-hybridized carbons (Fsp3) is 0.969. The molecule has 0 spiro atoms. The molecule has 3 aliphatic heterocycles. The molecule has 19 atom stereocenters. The third-order valence-corrected chi connectivity index (χ3v) is 17.8. The number of carbonyl (C=O) groups excluding carboxylic acids is 2. The zero-order chi connectivity index (χ0) is 63.8. The topological polar surface area (TPSA) is 356 Å². The minimum Gasteiger partial charge on any atom is -0.394 e. The van der Waals surface area contributed by atoms with Gasteiger partial charge in [-0.25, -0.2) is 0 Å². The third-order valence-electron chi connectivity index (χ3n) is 17.8. The van der Waals surface area contributed by atoms with Gasteiger partial charge in [0.25, 0.3) is 0 Å². The lowest BCUT2D eigenvalue weighted by Gasteiger charge is -2.49. The van der Waals surface area contributed by atoms with Crippen LogP contribution in [0.2, 0.25) is 0 Å². The van der Waals surface area contributed by atoms with Gasteiger partial charge < -0.3 is 100 Å². The Kier molecular flexibility index (Phi) is 43.9. The monoisotopic (exact) mass is 1250 g/mol. The molecule has 3 aliphatic rings. The highest BCUT2D eigenvalue weighted by Crippen LogP contribution is 2.34. The summed E-state index contributed by atoms with van der Waals surface area (Å²) >= 11 is 0. The van der Waals surface area contributed by atoms with Crippen molar-refractivity contribution in [2.75, 3.05) is 26.4 Å². The molecule has 0 aliphatic carbocycles. The van der Waals surface area contributed by atoms with E-state index >= 15 is 0 Å². The van der Waals surface area contributed by atoms with Gasteiger partial charge in [-0.1, -0.05) is 239 Å². The van der Waals surface area contributed by atoms with Gasteiger partial charge in [-0.3, -0.25) is 9.59 Å². The molecule has 0 unspecified atom stereocenters. The second-order valence-corrected chi connectivity index (χ2v) is 25.3. The van der Waals surface area contributed by atoms with Gasteiger partial charge in [-0.05, 0) is 12.8 Å². The van der Waals surface area contributed by atoms with E-state index < -0.39 is 155 Å². The van der Waals surface area contributed by atoms with E-state index in [0.29, 0.717) is 12.8 Å². The number of amides is 2. The molecule has 14 N–H and O–H groups in total. The van der Waals surface area contributed by atoms with Crippen LogP contribution in [-0.2, 0) is 38.0 Å². The maximum atomic E-state index is 13.8. The summed E-state index contributed by atoms with van der Waals surface area (Å²) in [7, 11) is 0. The second-order valence-electron chi connectivity index (χ2n) is 25.3. The highest BCUT2D eigenvalue weighted by atomic mass is 16.8. The molecule has 3 fully saturated rings. The Bertz CT molecular complexity index is 1690. The van der Waals surface area contributed by atoms with E-state index in [9.17, 15) is 70.9 Å². The van der Waals surface area contributed by atoms with Crippen molar-refractivity contribution < 1.29 is 99.3 Å². The normalized spacial score (nSPS) is 29.2. The number of aliphatic hydroxyl groups is 12. The highest BCUT2D eigenvalue weighted by Gasteiger charge is 2.55. The lowest BCUT2D eigenvalue weighted by Crippen LogP contribution is -2.69. The summed E-state index contributed by atoms with van der Waals surface area (Å²) in [5, 5.41) is 136. The Balaban J connectivity index is 1.70. The van der Waals surface area contributed by atoms with E-state index in [4.69, 9.17) is 28.4 Å². The van der Waals surface area contributed by atoms with Crippen LogP contribution < -0.4 is 10.6 Å². The first-order valence-corrected chi connectivity index (χ1v) is 34.5. The molecule has 0 aromatic rings. The molecule has 22 heteroatoms. The van der Waals surface area contributed by atoms with Gasteiger partial charge in [0.15, 0.2) is 18.9 Å². The fourth-order valence-corrected chi connectivity index (χ4v) is 12.1. The predicted molar refractivity (Wildman–Crippen MR) is 329 cm³/mol. The molecule has 0 bridgehead atoms. The summed E-state index contributed by atoms with van der Waals surface area (Å²) in [5.74, 6) is -1.55. The average Bonchev–Trinajstić information content (AvgIpc) is 1.80. The van der Waals surface area contributed by atoms with Crippen LogP contribution in [0.4, 0.5) is 0 Å². The molecule has 0 radical (unpaired) electrons. The Hall–Kier alpha value is -1.78. The van der Waals surface area contributed by atoms with E-state index in [1.807, 2.05) is 0 Å². The largest absolute Gasteiger partial charge is 0.394 e. The SMILES string of the molecule is CCCCCCCCCCCCCCCCCCCCCC[C@@H](O)C(=O)N[C@@H](CO[C@H]1O[C@H](CO)[C@H](O)[C@H](O[C@H]2O[C@H](CO)[C@H](O)[C@H](O)[C@H]2NC(C)=O)[C@H]1O[C@H]1O[C@H](CO)[C@@H](O)[C@H](O)[C@H]1O)[C@H](O)[C@H](O)CCCCCCCCCCCCCCCCC. The molecular weight excluding hydrogens is 1130 g/mol. The number of rotatable bonds is 52. The van der Waals surface area contributed by atoms with Gasteiger partial charge >= 0.3 is 0 Å². The van der Waals surface area contributed by atoms with Gasteiger partial charge in [-0.15, -0.1) is 0 Å². The van der Waals surface area contributed by atoms with Gasteiger partial charge in [0.2, 0.25) is 11.8 Å². The Morgan fingerprint density at radius 1 is 0.425 bits per heavy atom. The van der Waals surface area contributed by atoms with Crippen molar-refractivity contribution in [2.24, 2.45) is 0 Å². The minimum atomic E-state index is -2.03. The van der Waals surface area contributed by atoms with Crippen LogP contribution >= 0.6 is 0 Å². The maximum Gasteiger partial charge on any atom is 0.249 e. The maximum absolute atomic E-state index is 13.8. The van der Waals surface area contributed by atoms with Crippen molar-refractivity contribution in [3.8, 4) is 0 Å². The Labute approximate surface area is 521 Å². The molecular formula is C65H124N2O20. The zero-order valence-electron chi connectivity index (χ0n) is 53.6. The molecule has 0 aromatic carbocycles. The molecule has 0 aromatic heterocycles. The molecule has 0 saturated carbocycles. The van der Waals surface area contributed by atoms with E-state index in [1.54, 1.807) is 0 Å². The first kappa shape index (κ1) is 79.5. The standard InChI is InChI=1S/C65H124N2O20/c1-4-6-8-10-12-14-16-18-20-21-22-23-24-26-28-30-32-34-36-38-40-48(73)62(81)67-46(53(74)47(72)39-37-35-33-31-29-27-25-19-17-15-13-11-9-7-5-2)44-82-65-61(87-64-59(80)58(79)55(76)50(42-69)84-64)60(56(77)51(43-70)85-65)86-63-52(66-45(3)71)57(78)54(75)49(41-68)83-63/h46-61,63-65,68-70,72-80H,4-44H2,1-3H3,(H,66,71)(H,67,81)/t46-,47+,48+,49+,50+,51+,52+,53-,54-,55+,56-,57+,58-,59+,60-,61+,63+,64+,65-/m0/s1. The van der Waals surface area contributed by atoms with Gasteiger partial charge in [0, 0.05) is 6.92 Å². The average molecular weight is 1250 g/mol. The van der Waals surface area contributed by atoms with Gasteiger partial charge in [0.05, 0.1) is 38.6 Å². The minimum absolute atomic E-state index is 0.123. The molecule has 3 heterocycles. The van der Waals surface area contributed by atoms with Crippen molar-refractivity contribution in [1.29, 1.82) is 0 Å². The Morgan fingerprint density at radius 3 is 1.20 bits per heavy atom. The van der Waals surface area contributed by atoms with Crippen LogP contribution in [0.15, 0.2) is 0 Å². The van der Waals surface area contributed by atoms with E-state index in [-0.39, 0.29) is 12.8 Å². The smallest absolute Gasteiger partial charge is 0.249 e. The van der Waals surface area contributed by atoms with Crippen molar-refractivity contribution in [3.63, 3.8) is 0 Å². The lowest BCUT2D eigenvalue weighted by atomic mass is 9.95. The number of ether oxygens (including phenoxy) is 6. The van der Waals surface area contributed by atoms with Crippen LogP contribution in [0.5, 0.6) is 0 Å². The van der Waals surface area contributed by atoms with Crippen LogP contribution in [0, 0.1) is 0 Å². The molecule has 2 amide bonds. The molecule has 514 valence electrons. The number of nitrogens with one attached hydrogen (secondary N) is 2. The summed E-state index contributed by atoms with van der Waals surface area (Å²) in [6.45, 7) is 2.30. The summed E-state index contributed by atoms with van der Waals surface area (Å²) in [4.78, 5) is 26.2. The number of unbranched alkanes of at least 4 members (excludes halogenated alkanes) is 33.